The molecule has 0 aliphatic carbocycles. The molecule has 0 aromatic carbocycles. The molecule has 0 saturated heterocycles. The summed E-state index contributed by atoms with van der Waals surface area (Å²) in [6.07, 6.45) is 7.28. The number of halogens is 2. The van der Waals surface area contributed by atoms with Crippen LogP contribution in [-0.4, -0.2) is 34.8 Å². The summed E-state index contributed by atoms with van der Waals surface area (Å²) in [6, 6.07) is 0. The molecule has 6 heteroatoms. The maximum Gasteiger partial charge on any atom is 0.319 e. The van der Waals surface area contributed by atoms with Crippen LogP contribution in [0.2, 0.25) is 0 Å². The molecule has 0 heterocycles. The van der Waals surface area contributed by atoms with Crippen molar-refractivity contribution in [1.29, 1.82) is 0 Å². The van der Waals surface area contributed by atoms with Crippen molar-refractivity contribution in [3.05, 3.63) is 0 Å². The number of esters is 2. The summed E-state index contributed by atoms with van der Waals surface area (Å²) in [6.45, 7) is 7.13. The van der Waals surface area contributed by atoms with E-state index < -0.39 is 0 Å². The molecule has 0 rings (SSSR count). The van der Waals surface area contributed by atoms with Gasteiger partial charge in [-0.25, -0.2) is 0 Å². The number of ether oxygens (including phenoxy) is 2. The zero-order valence-electron chi connectivity index (χ0n) is 15.2. The molecule has 4 nitrogen and oxygen atoms in total. The number of unbranched alkanes of at least 4 members (excludes halogenated alkanes) is 1. The van der Waals surface area contributed by atoms with E-state index in [4.69, 9.17) is 9.47 Å². The Morgan fingerprint density at radius 3 is 1.88 bits per heavy atom. The summed E-state index contributed by atoms with van der Waals surface area (Å²) in [4.78, 5) is 23.1. The lowest BCUT2D eigenvalue weighted by Crippen LogP contribution is -2.21. The van der Waals surface area contributed by atoms with Crippen molar-refractivity contribution in [1.82, 2.24) is 0 Å². The molecule has 3 atom stereocenters. The highest BCUT2D eigenvalue weighted by Crippen LogP contribution is 2.16. The minimum Gasteiger partial charge on any atom is -0.465 e. The lowest BCUT2D eigenvalue weighted by atomic mass is 10.0. The zero-order chi connectivity index (χ0) is 18.4. The molecule has 0 spiro atoms. The molecule has 0 aromatic rings. The van der Waals surface area contributed by atoms with E-state index in [2.05, 4.69) is 38.8 Å². The number of hydrogen-bond donors (Lipinski definition) is 0. The van der Waals surface area contributed by atoms with Crippen LogP contribution in [0, 0.1) is 5.92 Å². The van der Waals surface area contributed by atoms with E-state index in [-0.39, 0.29) is 21.6 Å². The molecule has 0 fully saturated rings. The Balaban J connectivity index is 3.83. The van der Waals surface area contributed by atoms with E-state index in [1.807, 2.05) is 13.8 Å². The average molecular weight is 472 g/mol. The van der Waals surface area contributed by atoms with Crippen LogP contribution in [0.15, 0.2) is 0 Å². The normalized spacial score (nSPS) is 14.7. The Morgan fingerprint density at radius 1 is 0.833 bits per heavy atom. The number of carbonyl (C=O) groups is 2. The third-order valence-corrected chi connectivity index (χ3v) is 5.55. The van der Waals surface area contributed by atoms with Crippen molar-refractivity contribution >= 4 is 43.8 Å². The second kappa shape index (κ2) is 15.2. The van der Waals surface area contributed by atoms with Gasteiger partial charge in [0.1, 0.15) is 9.65 Å². The lowest BCUT2D eigenvalue weighted by molar-refractivity contribution is -0.145. The van der Waals surface area contributed by atoms with Gasteiger partial charge in [-0.3, -0.25) is 9.59 Å². The standard InChI is InChI=1S/C18H32Br2O4/c1-4-9-15(19)17(21)23-12-8-7-11-14(6-3)13-24-18(22)16(20)10-5-2/h14-16H,4-13H2,1-3H3. The van der Waals surface area contributed by atoms with Crippen molar-refractivity contribution in [3.63, 3.8) is 0 Å². The smallest absolute Gasteiger partial charge is 0.319 e. The molecule has 0 saturated carbocycles. The molecule has 0 bridgehead atoms. The molecule has 3 unspecified atom stereocenters. The molecule has 24 heavy (non-hydrogen) atoms. The predicted octanol–water partition coefficient (Wildman–Crippen LogP) is 5.40. The average Bonchev–Trinajstić information content (AvgIpc) is 2.57. The van der Waals surface area contributed by atoms with E-state index in [9.17, 15) is 9.59 Å². The summed E-state index contributed by atoms with van der Waals surface area (Å²) in [5, 5.41) is 0. The molecule has 0 amide bonds. The molecule has 0 aliphatic heterocycles. The molecule has 0 aliphatic rings. The summed E-state index contributed by atoms with van der Waals surface area (Å²) < 4.78 is 10.6. The van der Waals surface area contributed by atoms with E-state index in [1.165, 1.54) is 0 Å². The van der Waals surface area contributed by atoms with Gasteiger partial charge < -0.3 is 9.47 Å². The van der Waals surface area contributed by atoms with Crippen LogP contribution in [0.3, 0.4) is 0 Å². The minimum absolute atomic E-state index is 0.163. The maximum atomic E-state index is 11.8. The van der Waals surface area contributed by atoms with Gasteiger partial charge in [0.05, 0.1) is 13.2 Å². The second-order valence-corrected chi connectivity index (χ2v) is 8.29. The van der Waals surface area contributed by atoms with Gasteiger partial charge in [0.2, 0.25) is 0 Å². The van der Waals surface area contributed by atoms with E-state index >= 15 is 0 Å². The van der Waals surface area contributed by atoms with Gasteiger partial charge in [-0.15, -0.1) is 0 Å². The van der Waals surface area contributed by atoms with Crippen LogP contribution < -0.4 is 0 Å². The third kappa shape index (κ3) is 11.5. The van der Waals surface area contributed by atoms with Crippen molar-refractivity contribution in [2.75, 3.05) is 13.2 Å². The third-order valence-electron chi connectivity index (χ3n) is 3.89. The van der Waals surface area contributed by atoms with Crippen LogP contribution in [0.1, 0.15) is 72.1 Å². The van der Waals surface area contributed by atoms with Gasteiger partial charge >= 0.3 is 11.9 Å². The fraction of sp³-hybridized carbons (Fsp3) is 0.889. The van der Waals surface area contributed by atoms with E-state index in [0.29, 0.717) is 19.1 Å². The van der Waals surface area contributed by atoms with Crippen LogP contribution in [0.4, 0.5) is 0 Å². The highest BCUT2D eigenvalue weighted by Gasteiger charge is 2.17. The van der Waals surface area contributed by atoms with Crippen molar-refractivity contribution in [3.8, 4) is 0 Å². The summed E-state index contributed by atoms with van der Waals surface area (Å²) >= 11 is 6.69. The Bertz CT molecular complexity index is 350. The fourth-order valence-electron chi connectivity index (χ4n) is 2.24. The van der Waals surface area contributed by atoms with E-state index in [0.717, 1.165) is 51.4 Å². The molecular formula is C18H32Br2O4. The zero-order valence-corrected chi connectivity index (χ0v) is 18.4. The minimum atomic E-state index is -0.195. The van der Waals surface area contributed by atoms with Crippen molar-refractivity contribution < 1.29 is 19.1 Å². The molecule has 0 radical (unpaired) electrons. The molecule has 0 N–H and O–H groups in total. The first-order valence-corrected chi connectivity index (χ1v) is 10.9. The van der Waals surface area contributed by atoms with E-state index in [1.54, 1.807) is 0 Å². The van der Waals surface area contributed by atoms with Crippen molar-refractivity contribution in [2.24, 2.45) is 5.92 Å². The first-order valence-electron chi connectivity index (χ1n) is 9.07. The topological polar surface area (TPSA) is 52.6 Å². The van der Waals surface area contributed by atoms with Crippen molar-refractivity contribution in [2.45, 2.75) is 81.8 Å². The highest BCUT2D eigenvalue weighted by molar-refractivity contribution is 9.10. The number of rotatable bonds is 14. The molecule has 142 valence electrons. The molecular weight excluding hydrogens is 440 g/mol. The van der Waals surface area contributed by atoms with Gasteiger partial charge in [-0.1, -0.05) is 71.9 Å². The summed E-state index contributed by atoms with van der Waals surface area (Å²) in [7, 11) is 0. The van der Waals surface area contributed by atoms with Crippen LogP contribution in [0.5, 0.6) is 0 Å². The Morgan fingerprint density at radius 2 is 1.38 bits per heavy atom. The SMILES string of the molecule is CCCC(Br)C(=O)OCCCCC(CC)COC(=O)C(Br)CCC. The number of alkyl halides is 2. The van der Waals surface area contributed by atoms with Gasteiger partial charge in [0.25, 0.3) is 0 Å². The van der Waals surface area contributed by atoms with Crippen LogP contribution in [-0.2, 0) is 19.1 Å². The van der Waals surface area contributed by atoms with Gasteiger partial charge in [-0.2, -0.15) is 0 Å². The Labute approximate surface area is 163 Å². The Kier molecular flexibility index (Phi) is 15.1. The van der Waals surface area contributed by atoms with Gasteiger partial charge in [0, 0.05) is 0 Å². The largest absolute Gasteiger partial charge is 0.465 e. The first kappa shape index (κ1) is 23.9. The summed E-state index contributed by atoms with van der Waals surface area (Å²) in [5.41, 5.74) is 0. The summed E-state index contributed by atoms with van der Waals surface area (Å²) in [5.74, 6) is 0.0376. The number of carbonyl (C=O) groups excluding carboxylic acids is 2. The van der Waals surface area contributed by atoms with Gasteiger partial charge in [-0.05, 0) is 38.0 Å². The number of hydrogen-bond acceptors (Lipinski definition) is 4. The fourth-order valence-corrected chi connectivity index (χ4v) is 3.42. The Hall–Kier alpha value is -0.100. The quantitative estimate of drug-likeness (QED) is 0.193. The second-order valence-electron chi connectivity index (χ2n) is 6.08. The maximum absolute atomic E-state index is 11.8. The lowest BCUT2D eigenvalue weighted by Gasteiger charge is -2.16. The molecule has 0 aromatic heterocycles. The predicted molar refractivity (Wildman–Crippen MR) is 105 cm³/mol. The van der Waals surface area contributed by atoms with Crippen LogP contribution >= 0.6 is 31.9 Å². The van der Waals surface area contributed by atoms with Crippen LogP contribution in [0.25, 0.3) is 0 Å². The highest BCUT2D eigenvalue weighted by atomic mass is 79.9. The monoisotopic (exact) mass is 470 g/mol. The van der Waals surface area contributed by atoms with Gasteiger partial charge in [0.15, 0.2) is 0 Å². The first-order chi connectivity index (χ1) is 11.5.